The van der Waals surface area contributed by atoms with Crippen molar-refractivity contribution >= 4 is 17.5 Å². The van der Waals surface area contributed by atoms with E-state index in [0.717, 1.165) is 22.6 Å². The van der Waals surface area contributed by atoms with Crippen molar-refractivity contribution in [3.8, 4) is 34.8 Å². The van der Waals surface area contributed by atoms with E-state index in [1.54, 1.807) is 27.2 Å². The number of nitriles is 1. The first-order chi connectivity index (χ1) is 21.4. The molecule has 0 amide bonds. The molecule has 0 aliphatic rings. The molecule has 0 atom stereocenters. The Labute approximate surface area is 254 Å². The number of ether oxygens (including phenoxy) is 3. The van der Waals surface area contributed by atoms with E-state index in [2.05, 4.69) is 31.3 Å². The molecule has 0 unspecified atom stereocenters. The highest BCUT2D eigenvalue weighted by molar-refractivity contribution is 5.75. The van der Waals surface area contributed by atoms with Crippen molar-refractivity contribution in [3.63, 3.8) is 0 Å². The molecule has 0 radical (unpaired) electrons. The maximum atomic E-state index is 14.4. The normalized spacial score (nSPS) is 10.5. The number of nitrogens with one attached hydrogen (secondary N) is 1. The Hall–Kier alpha value is -5.83. The number of benzene rings is 2. The van der Waals surface area contributed by atoms with Crippen molar-refractivity contribution in [2.75, 3.05) is 31.5 Å². The van der Waals surface area contributed by atoms with Crippen LogP contribution in [0, 0.1) is 24.1 Å². The Bertz CT molecular complexity index is 1740. The summed E-state index contributed by atoms with van der Waals surface area (Å²) in [4.78, 5) is 24.5. The van der Waals surface area contributed by atoms with Crippen molar-refractivity contribution in [1.82, 2.24) is 24.9 Å². The average molecular weight is 593 g/mol. The van der Waals surface area contributed by atoms with Crippen LogP contribution in [-0.4, -0.2) is 46.2 Å². The van der Waals surface area contributed by atoms with Gasteiger partial charge < -0.3 is 24.4 Å². The minimum absolute atomic E-state index is 0.130. The zero-order valence-electron chi connectivity index (χ0n) is 24.6. The fourth-order valence-electron chi connectivity index (χ4n) is 4.41. The Balaban J connectivity index is 1.55. The lowest BCUT2D eigenvalue weighted by atomic mass is 10.1. The average Bonchev–Trinajstić information content (AvgIpc) is 3.05. The highest BCUT2D eigenvalue weighted by Gasteiger charge is 2.19. The van der Waals surface area contributed by atoms with Crippen LogP contribution in [0.15, 0.2) is 73.1 Å². The topological polar surface area (TPSA) is 131 Å². The molecule has 0 spiro atoms. The lowest BCUT2D eigenvalue weighted by Gasteiger charge is -2.24. The molecular formula is C32H29FN8O3. The lowest BCUT2D eigenvalue weighted by Crippen LogP contribution is -2.25. The fourth-order valence-corrected chi connectivity index (χ4v) is 4.41. The van der Waals surface area contributed by atoms with Crippen molar-refractivity contribution in [2.24, 2.45) is 0 Å². The number of methoxy groups -OCH3 is 3. The maximum Gasteiger partial charge on any atom is 0.250 e. The molecule has 5 aromatic rings. The van der Waals surface area contributed by atoms with E-state index < -0.39 is 5.82 Å². The van der Waals surface area contributed by atoms with E-state index in [0.29, 0.717) is 47.5 Å². The second-order valence-electron chi connectivity index (χ2n) is 9.63. The predicted molar refractivity (Wildman–Crippen MR) is 162 cm³/mol. The fraction of sp³-hybridized carbons (Fsp3) is 0.188. The van der Waals surface area contributed by atoms with Gasteiger partial charge in [0, 0.05) is 25.4 Å². The maximum absolute atomic E-state index is 14.4. The number of aryl methyl sites for hydroxylation is 1. The molecule has 0 fully saturated rings. The number of rotatable bonds is 11. The number of aromatic nitrogens is 5. The molecule has 3 aromatic heterocycles. The number of hydrogen-bond acceptors (Lipinski definition) is 11. The van der Waals surface area contributed by atoms with Crippen LogP contribution < -0.4 is 24.4 Å². The summed E-state index contributed by atoms with van der Waals surface area (Å²) < 4.78 is 30.0. The molecular weight excluding hydrogens is 563 g/mol. The van der Waals surface area contributed by atoms with Gasteiger partial charge in [0.2, 0.25) is 11.8 Å². The number of halogens is 1. The third-order valence-electron chi connectivity index (χ3n) is 6.60. The van der Waals surface area contributed by atoms with E-state index in [-0.39, 0.29) is 11.7 Å². The van der Waals surface area contributed by atoms with Gasteiger partial charge in [-0.25, -0.2) is 19.3 Å². The standard InChI is InChI=1S/C32H29FN8O3/c1-20-37-30(27-13-23(15-34)16-35-29(27)39-24-14-28(33)31(44-4)36-17-24)40-32(38-20)41(18-21-5-9-25(42-2)10-6-21)19-22-7-11-26(43-3)12-8-22/h5-14,16-17H,18-19H2,1-4H3,(H,35,39). The van der Waals surface area contributed by atoms with Crippen LogP contribution in [0.4, 0.5) is 21.8 Å². The molecule has 3 heterocycles. The largest absolute Gasteiger partial charge is 0.497 e. The first-order valence-corrected chi connectivity index (χ1v) is 13.5. The number of anilines is 3. The summed E-state index contributed by atoms with van der Waals surface area (Å²) in [7, 11) is 4.59. The first kappa shape index (κ1) is 29.7. The van der Waals surface area contributed by atoms with Crippen LogP contribution in [-0.2, 0) is 13.1 Å². The van der Waals surface area contributed by atoms with Crippen LogP contribution in [0.3, 0.4) is 0 Å². The summed E-state index contributed by atoms with van der Waals surface area (Å²) in [5.74, 6) is 2.22. The highest BCUT2D eigenvalue weighted by Crippen LogP contribution is 2.30. The third-order valence-corrected chi connectivity index (χ3v) is 6.60. The Morgan fingerprint density at radius 3 is 2.00 bits per heavy atom. The molecule has 11 nitrogen and oxygen atoms in total. The van der Waals surface area contributed by atoms with Crippen LogP contribution in [0.5, 0.6) is 17.4 Å². The van der Waals surface area contributed by atoms with E-state index >= 15 is 0 Å². The minimum atomic E-state index is -0.640. The van der Waals surface area contributed by atoms with Crippen molar-refractivity contribution in [2.45, 2.75) is 20.0 Å². The van der Waals surface area contributed by atoms with Gasteiger partial charge in [0.1, 0.15) is 29.2 Å². The van der Waals surface area contributed by atoms with Gasteiger partial charge in [-0.05, 0) is 48.4 Å². The summed E-state index contributed by atoms with van der Waals surface area (Å²) in [6.07, 6.45) is 2.83. The van der Waals surface area contributed by atoms with Crippen LogP contribution in [0.2, 0.25) is 0 Å². The predicted octanol–water partition coefficient (Wildman–Crippen LogP) is 5.62. The van der Waals surface area contributed by atoms with Gasteiger partial charge in [-0.3, -0.25) is 0 Å². The molecule has 0 saturated carbocycles. The summed E-state index contributed by atoms with van der Waals surface area (Å²) in [5, 5.41) is 12.7. The van der Waals surface area contributed by atoms with Gasteiger partial charge in [-0.1, -0.05) is 24.3 Å². The third kappa shape index (κ3) is 6.96. The van der Waals surface area contributed by atoms with Gasteiger partial charge in [-0.15, -0.1) is 0 Å². The molecule has 222 valence electrons. The quantitative estimate of drug-likeness (QED) is 0.205. The van der Waals surface area contributed by atoms with Crippen molar-refractivity contribution < 1.29 is 18.6 Å². The van der Waals surface area contributed by atoms with Gasteiger partial charge in [0.05, 0.1) is 44.3 Å². The molecule has 2 aromatic carbocycles. The van der Waals surface area contributed by atoms with Crippen molar-refractivity contribution in [1.29, 1.82) is 5.26 Å². The Kier molecular flexibility index (Phi) is 9.05. The monoisotopic (exact) mass is 592 g/mol. The zero-order valence-corrected chi connectivity index (χ0v) is 24.6. The van der Waals surface area contributed by atoms with Gasteiger partial charge in [-0.2, -0.15) is 15.2 Å². The van der Waals surface area contributed by atoms with E-state index in [1.165, 1.54) is 25.6 Å². The molecule has 0 bridgehead atoms. The smallest absolute Gasteiger partial charge is 0.250 e. The summed E-state index contributed by atoms with van der Waals surface area (Å²) in [5.41, 5.74) is 3.10. The van der Waals surface area contributed by atoms with E-state index in [9.17, 15) is 9.65 Å². The van der Waals surface area contributed by atoms with Gasteiger partial charge in [0.25, 0.3) is 0 Å². The van der Waals surface area contributed by atoms with E-state index in [1.807, 2.05) is 53.4 Å². The van der Waals surface area contributed by atoms with Crippen molar-refractivity contribution in [3.05, 3.63) is 101 Å². The SMILES string of the molecule is COc1ccc(CN(Cc2ccc(OC)cc2)c2nc(C)nc(-c3cc(C#N)cnc3Nc3cnc(OC)c(F)c3)n2)cc1. The van der Waals surface area contributed by atoms with Gasteiger partial charge in [0.15, 0.2) is 11.6 Å². The molecule has 0 saturated heterocycles. The summed E-state index contributed by atoms with van der Waals surface area (Å²) in [6.45, 7) is 2.74. The molecule has 1 N–H and O–H groups in total. The van der Waals surface area contributed by atoms with Gasteiger partial charge >= 0.3 is 0 Å². The molecule has 0 aliphatic carbocycles. The second kappa shape index (κ2) is 13.4. The Morgan fingerprint density at radius 2 is 1.45 bits per heavy atom. The highest BCUT2D eigenvalue weighted by atomic mass is 19.1. The second-order valence-corrected chi connectivity index (χ2v) is 9.63. The zero-order chi connectivity index (χ0) is 31.1. The van der Waals surface area contributed by atoms with Crippen LogP contribution >= 0.6 is 0 Å². The molecule has 44 heavy (non-hydrogen) atoms. The number of nitrogens with zero attached hydrogens (tertiary/aromatic N) is 7. The van der Waals surface area contributed by atoms with Crippen LogP contribution in [0.25, 0.3) is 11.4 Å². The Morgan fingerprint density at radius 1 is 0.818 bits per heavy atom. The van der Waals surface area contributed by atoms with Crippen LogP contribution in [0.1, 0.15) is 22.5 Å². The summed E-state index contributed by atoms with van der Waals surface area (Å²) in [6, 6.07) is 20.5. The summed E-state index contributed by atoms with van der Waals surface area (Å²) >= 11 is 0. The first-order valence-electron chi connectivity index (χ1n) is 13.5. The minimum Gasteiger partial charge on any atom is -0.497 e. The number of hydrogen-bond donors (Lipinski definition) is 1. The number of pyridine rings is 2. The lowest BCUT2D eigenvalue weighted by molar-refractivity contribution is 0.369. The molecule has 12 heteroatoms. The molecule has 0 aliphatic heterocycles. The molecule has 5 rings (SSSR count). The van der Waals surface area contributed by atoms with E-state index in [4.69, 9.17) is 19.2 Å².